The molecule has 1 fully saturated rings. The summed E-state index contributed by atoms with van der Waals surface area (Å²) in [6.07, 6.45) is -2.88. The molecular formula is C35H35NO5S. The third-order valence-corrected chi connectivity index (χ3v) is 7.14. The van der Waals surface area contributed by atoms with Crippen molar-refractivity contribution >= 4 is 17.4 Å². The molecule has 42 heavy (non-hydrogen) atoms. The molecule has 5 atom stereocenters. The molecule has 4 aromatic rings. The van der Waals surface area contributed by atoms with Crippen molar-refractivity contribution in [2.45, 2.75) is 57.1 Å². The van der Waals surface area contributed by atoms with Crippen molar-refractivity contribution in [1.82, 2.24) is 0 Å². The van der Waals surface area contributed by atoms with Crippen LogP contribution in [0.15, 0.2) is 126 Å². The van der Waals surface area contributed by atoms with Crippen LogP contribution in [0.4, 0.5) is 0 Å². The summed E-state index contributed by atoms with van der Waals surface area (Å²) in [5.74, 6) is 0. The maximum atomic E-state index is 6.64. The van der Waals surface area contributed by atoms with Gasteiger partial charge in [0.1, 0.15) is 24.4 Å². The maximum absolute atomic E-state index is 6.64. The SMILES string of the molecule is S=C=N[C@@H]1O[C@H](COCc2ccccc2)[C@H](OCc2ccccc2)[C@H](OCc2ccccc2)[C@H]1OCc1ccccc1. The van der Waals surface area contributed by atoms with Crippen molar-refractivity contribution in [3.8, 4) is 0 Å². The number of nitrogens with zero attached hydrogens (tertiary/aromatic N) is 1. The summed E-state index contributed by atoms with van der Waals surface area (Å²) >= 11 is 5.02. The highest BCUT2D eigenvalue weighted by atomic mass is 32.1. The van der Waals surface area contributed by atoms with E-state index in [1.165, 1.54) is 0 Å². The van der Waals surface area contributed by atoms with Gasteiger partial charge in [-0.15, -0.1) is 0 Å². The Kier molecular flexibility index (Phi) is 11.6. The molecule has 0 saturated carbocycles. The lowest BCUT2D eigenvalue weighted by Gasteiger charge is -2.44. The fourth-order valence-corrected chi connectivity index (χ4v) is 5.02. The minimum absolute atomic E-state index is 0.272. The van der Waals surface area contributed by atoms with Gasteiger partial charge < -0.3 is 23.7 Å². The molecule has 0 spiro atoms. The molecule has 0 amide bonds. The molecular weight excluding hydrogens is 546 g/mol. The summed E-state index contributed by atoms with van der Waals surface area (Å²) in [7, 11) is 0. The molecule has 1 saturated heterocycles. The van der Waals surface area contributed by atoms with Gasteiger partial charge in [0.25, 0.3) is 0 Å². The zero-order chi connectivity index (χ0) is 28.8. The van der Waals surface area contributed by atoms with E-state index in [4.69, 9.17) is 35.9 Å². The summed E-state index contributed by atoms with van der Waals surface area (Å²) in [5, 5.41) is 2.50. The molecule has 216 valence electrons. The topological polar surface area (TPSA) is 58.5 Å². The standard InChI is InChI=1S/C35H35NO5S/c42-26-36-35-34(40-24-30-19-11-4-12-20-30)33(39-23-29-17-9-3-10-18-29)32(38-22-28-15-7-2-8-16-28)31(41-35)25-37-21-27-13-5-1-6-14-27/h1-20,31-35H,21-25H2/t31-,32+,33+,34-,35-/m1/s1. The van der Waals surface area contributed by atoms with Crippen LogP contribution in [0.1, 0.15) is 22.3 Å². The van der Waals surface area contributed by atoms with Gasteiger partial charge in [-0.05, 0) is 34.5 Å². The summed E-state index contributed by atoms with van der Waals surface area (Å²) in [6.45, 7) is 1.81. The van der Waals surface area contributed by atoms with Gasteiger partial charge in [-0.2, -0.15) is 4.99 Å². The summed E-state index contributed by atoms with van der Waals surface area (Å²) in [6, 6.07) is 40.1. The van der Waals surface area contributed by atoms with Gasteiger partial charge >= 0.3 is 0 Å². The van der Waals surface area contributed by atoms with Crippen LogP contribution in [0.25, 0.3) is 0 Å². The van der Waals surface area contributed by atoms with E-state index in [0.717, 1.165) is 22.3 Å². The average molecular weight is 582 g/mol. The normalized spacial score (nSPS) is 21.9. The van der Waals surface area contributed by atoms with E-state index in [1.54, 1.807) is 0 Å². The van der Waals surface area contributed by atoms with Crippen LogP contribution in [-0.4, -0.2) is 42.4 Å². The van der Waals surface area contributed by atoms with Crippen molar-refractivity contribution in [3.05, 3.63) is 144 Å². The molecule has 7 heteroatoms. The molecule has 0 N–H and O–H groups in total. The van der Waals surface area contributed by atoms with Crippen molar-refractivity contribution in [2.24, 2.45) is 4.99 Å². The van der Waals surface area contributed by atoms with Gasteiger partial charge in [-0.1, -0.05) is 121 Å². The lowest BCUT2D eigenvalue weighted by molar-refractivity contribution is -0.270. The fourth-order valence-electron chi connectivity index (χ4n) is 4.92. The van der Waals surface area contributed by atoms with Gasteiger partial charge in [-0.3, -0.25) is 0 Å². The molecule has 1 heterocycles. The highest BCUT2D eigenvalue weighted by molar-refractivity contribution is 7.78. The molecule has 0 aromatic heterocycles. The Morgan fingerprint density at radius 3 is 1.40 bits per heavy atom. The van der Waals surface area contributed by atoms with Gasteiger partial charge in [0.15, 0.2) is 6.23 Å². The van der Waals surface area contributed by atoms with E-state index in [-0.39, 0.29) is 6.61 Å². The van der Waals surface area contributed by atoms with Crippen LogP contribution in [0, 0.1) is 0 Å². The Balaban J connectivity index is 1.41. The number of isothiocyanates is 1. The third-order valence-electron chi connectivity index (χ3n) is 7.04. The zero-order valence-electron chi connectivity index (χ0n) is 23.4. The first-order valence-electron chi connectivity index (χ1n) is 14.1. The number of benzene rings is 4. The highest BCUT2D eigenvalue weighted by Gasteiger charge is 2.48. The van der Waals surface area contributed by atoms with Crippen LogP contribution < -0.4 is 0 Å². The highest BCUT2D eigenvalue weighted by Crippen LogP contribution is 2.31. The lowest BCUT2D eigenvalue weighted by atomic mass is 9.97. The molecule has 0 bridgehead atoms. The van der Waals surface area contributed by atoms with Crippen LogP contribution in [0.3, 0.4) is 0 Å². The van der Waals surface area contributed by atoms with E-state index in [9.17, 15) is 0 Å². The number of aliphatic imine (C=N–C) groups is 1. The number of rotatable bonds is 14. The molecule has 1 aliphatic heterocycles. The van der Waals surface area contributed by atoms with Gasteiger partial charge in [-0.25, -0.2) is 0 Å². The number of ether oxygens (including phenoxy) is 5. The average Bonchev–Trinajstić information content (AvgIpc) is 3.05. The predicted molar refractivity (Wildman–Crippen MR) is 165 cm³/mol. The van der Waals surface area contributed by atoms with Crippen molar-refractivity contribution in [2.75, 3.05) is 6.61 Å². The first-order valence-corrected chi connectivity index (χ1v) is 14.5. The van der Waals surface area contributed by atoms with E-state index in [0.29, 0.717) is 26.4 Å². The second-order valence-corrected chi connectivity index (χ2v) is 10.3. The number of thiocarbonyl (C=S) groups is 1. The number of hydrogen-bond acceptors (Lipinski definition) is 7. The third kappa shape index (κ3) is 8.74. The van der Waals surface area contributed by atoms with E-state index < -0.39 is 30.6 Å². The largest absolute Gasteiger partial charge is 0.374 e. The Morgan fingerprint density at radius 2 is 0.952 bits per heavy atom. The quantitative estimate of drug-likeness (QED) is 0.121. The summed E-state index contributed by atoms with van der Waals surface area (Å²) < 4.78 is 32.4. The van der Waals surface area contributed by atoms with Gasteiger partial charge in [0.2, 0.25) is 0 Å². The molecule has 0 aliphatic carbocycles. The molecule has 1 aliphatic rings. The molecule has 6 nitrogen and oxygen atoms in total. The predicted octanol–water partition coefficient (Wildman–Crippen LogP) is 6.79. The molecule has 0 unspecified atom stereocenters. The summed E-state index contributed by atoms with van der Waals surface area (Å²) in [4.78, 5) is 4.38. The maximum Gasteiger partial charge on any atom is 0.187 e. The molecule has 4 aromatic carbocycles. The van der Waals surface area contributed by atoms with E-state index in [1.807, 2.05) is 121 Å². The van der Waals surface area contributed by atoms with Crippen molar-refractivity contribution in [1.29, 1.82) is 0 Å². The van der Waals surface area contributed by atoms with Crippen molar-refractivity contribution in [3.63, 3.8) is 0 Å². The minimum Gasteiger partial charge on any atom is -0.374 e. The van der Waals surface area contributed by atoms with Crippen LogP contribution in [0.2, 0.25) is 0 Å². The van der Waals surface area contributed by atoms with E-state index in [2.05, 4.69) is 10.2 Å². The van der Waals surface area contributed by atoms with Gasteiger partial charge in [0, 0.05) is 0 Å². The monoisotopic (exact) mass is 581 g/mol. The fraction of sp³-hybridized carbons (Fsp3) is 0.286. The first-order chi connectivity index (χ1) is 20.8. The Labute approximate surface area is 252 Å². The molecule has 5 rings (SSSR count). The zero-order valence-corrected chi connectivity index (χ0v) is 24.2. The smallest absolute Gasteiger partial charge is 0.187 e. The van der Waals surface area contributed by atoms with Crippen molar-refractivity contribution < 1.29 is 23.7 Å². The van der Waals surface area contributed by atoms with Crippen LogP contribution >= 0.6 is 12.2 Å². The second-order valence-electron chi connectivity index (χ2n) is 10.1. The minimum atomic E-state index is -0.742. The first kappa shape index (κ1) is 30.0. The Morgan fingerprint density at radius 1 is 0.548 bits per heavy atom. The van der Waals surface area contributed by atoms with Crippen LogP contribution in [0.5, 0.6) is 0 Å². The lowest BCUT2D eigenvalue weighted by Crippen LogP contribution is -2.60. The summed E-state index contributed by atoms with van der Waals surface area (Å²) in [5.41, 5.74) is 4.19. The van der Waals surface area contributed by atoms with Gasteiger partial charge in [0.05, 0.1) is 38.2 Å². The second kappa shape index (κ2) is 16.2. The molecule has 0 radical (unpaired) electrons. The Bertz CT molecular complexity index is 1370. The number of hydrogen-bond donors (Lipinski definition) is 0. The Hall–Kier alpha value is -3.52. The van der Waals surface area contributed by atoms with E-state index >= 15 is 0 Å². The van der Waals surface area contributed by atoms with Crippen LogP contribution in [-0.2, 0) is 50.1 Å².